The predicted molar refractivity (Wildman–Crippen MR) is 75.0 cm³/mol. The lowest BCUT2D eigenvalue weighted by molar-refractivity contribution is 0.350. The third-order valence-corrected chi connectivity index (χ3v) is 2.54. The summed E-state index contributed by atoms with van der Waals surface area (Å²) in [5.41, 5.74) is 13.2. The van der Waals surface area contributed by atoms with Crippen LogP contribution < -0.4 is 11.5 Å². The van der Waals surface area contributed by atoms with Crippen molar-refractivity contribution in [3.05, 3.63) is 35.4 Å². The van der Waals surface area contributed by atoms with Gasteiger partial charge in [0.25, 0.3) is 0 Å². The molecule has 5 N–H and O–H groups in total. The van der Waals surface area contributed by atoms with Gasteiger partial charge < -0.3 is 16.6 Å². The Morgan fingerprint density at radius 1 is 1.15 bits per heavy atom. The number of hydrogen-bond donors (Lipinski definition) is 3. The van der Waals surface area contributed by atoms with E-state index in [1.165, 1.54) is 0 Å². The summed E-state index contributed by atoms with van der Waals surface area (Å²) in [6.07, 6.45) is 0. The Kier molecular flexibility index (Phi) is 3.80. The first kappa shape index (κ1) is 13.3. The van der Waals surface area contributed by atoms with E-state index in [2.05, 4.69) is 21.8 Å². The van der Waals surface area contributed by atoms with Crippen LogP contribution in [0.15, 0.2) is 24.3 Å². The second-order valence-electron chi connectivity index (χ2n) is 3.84. The zero-order chi connectivity index (χ0) is 14.5. The monoisotopic (exact) mass is 265 g/mol. The molecule has 0 bridgehead atoms. The van der Waals surface area contributed by atoms with E-state index >= 15 is 0 Å². The largest absolute Gasteiger partial charge is 0.384 e. The standard InChI is InChI=1S/C14H11N5O/c15-8-11-12(18-14(17)19-13(11)16)10-5-3-9(4-6-10)2-1-7-20/h3-6,20H,7H2,(H4,16,17,18,19). The summed E-state index contributed by atoms with van der Waals surface area (Å²) in [6.45, 7) is -0.195. The van der Waals surface area contributed by atoms with Crippen molar-refractivity contribution < 1.29 is 5.11 Å². The van der Waals surface area contributed by atoms with Gasteiger partial charge in [-0.2, -0.15) is 10.2 Å². The molecule has 1 aromatic heterocycles. The van der Waals surface area contributed by atoms with Crippen LogP contribution in [0.5, 0.6) is 0 Å². The molecule has 0 aliphatic carbocycles. The fourth-order valence-electron chi connectivity index (χ4n) is 1.67. The Bertz CT molecular complexity index is 735. The summed E-state index contributed by atoms with van der Waals surface area (Å²) < 4.78 is 0. The van der Waals surface area contributed by atoms with Gasteiger partial charge in [0.2, 0.25) is 5.95 Å². The Morgan fingerprint density at radius 2 is 1.85 bits per heavy atom. The minimum absolute atomic E-state index is 0.0145. The topological polar surface area (TPSA) is 122 Å². The average Bonchev–Trinajstić information content (AvgIpc) is 2.45. The van der Waals surface area contributed by atoms with Crippen molar-refractivity contribution in [3.8, 4) is 29.2 Å². The Hall–Kier alpha value is -3.09. The maximum atomic E-state index is 9.12. The van der Waals surface area contributed by atoms with Gasteiger partial charge in [0.15, 0.2) is 0 Å². The lowest BCUT2D eigenvalue weighted by Crippen LogP contribution is -2.04. The van der Waals surface area contributed by atoms with Crippen molar-refractivity contribution in [3.63, 3.8) is 0 Å². The minimum atomic E-state index is -0.195. The molecule has 1 heterocycles. The van der Waals surface area contributed by atoms with E-state index in [-0.39, 0.29) is 23.9 Å². The maximum Gasteiger partial charge on any atom is 0.222 e. The number of aliphatic hydroxyl groups is 1. The molecule has 20 heavy (non-hydrogen) atoms. The molecular formula is C14H11N5O. The fourth-order valence-corrected chi connectivity index (χ4v) is 1.67. The highest BCUT2D eigenvalue weighted by atomic mass is 16.2. The molecule has 0 saturated carbocycles. The normalized spacial score (nSPS) is 9.40. The van der Waals surface area contributed by atoms with E-state index in [9.17, 15) is 0 Å². The van der Waals surface area contributed by atoms with Crippen LogP contribution in [-0.4, -0.2) is 21.7 Å². The van der Waals surface area contributed by atoms with Gasteiger partial charge in [-0.3, -0.25) is 0 Å². The van der Waals surface area contributed by atoms with Crippen LogP contribution in [0, 0.1) is 23.2 Å². The van der Waals surface area contributed by atoms with Crippen molar-refractivity contribution >= 4 is 11.8 Å². The van der Waals surface area contributed by atoms with Crippen LogP contribution in [0.2, 0.25) is 0 Å². The van der Waals surface area contributed by atoms with Crippen LogP contribution in [0.1, 0.15) is 11.1 Å². The first-order chi connectivity index (χ1) is 9.65. The fraction of sp³-hybridized carbons (Fsp3) is 0.0714. The van der Waals surface area contributed by atoms with Gasteiger partial charge in [0.1, 0.15) is 24.1 Å². The zero-order valence-electron chi connectivity index (χ0n) is 10.5. The van der Waals surface area contributed by atoms with Gasteiger partial charge in [-0.1, -0.05) is 24.0 Å². The van der Waals surface area contributed by atoms with E-state index in [4.69, 9.17) is 21.8 Å². The van der Waals surface area contributed by atoms with Gasteiger partial charge in [-0.25, -0.2) is 4.98 Å². The van der Waals surface area contributed by atoms with Crippen molar-refractivity contribution in [2.75, 3.05) is 18.1 Å². The number of aliphatic hydroxyl groups excluding tert-OH is 1. The number of nitriles is 1. The molecule has 0 amide bonds. The summed E-state index contributed by atoms with van der Waals surface area (Å²) >= 11 is 0. The Morgan fingerprint density at radius 3 is 2.45 bits per heavy atom. The molecule has 6 heteroatoms. The molecule has 0 fully saturated rings. The van der Waals surface area contributed by atoms with Gasteiger partial charge >= 0.3 is 0 Å². The van der Waals surface area contributed by atoms with E-state index < -0.39 is 0 Å². The van der Waals surface area contributed by atoms with Crippen LogP contribution in [0.25, 0.3) is 11.3 Å². The van der Waals surface area contributed by atoms with Crippen LogP contribution in [-0.2, 0) is 0 Å². The molecular weight excluding hydrogens is 254 g/mol. The third kappa shape index (κ3) is 2.66. The van der Waals surface area contributed by atoms with Crippen LogP contribution >= 0.6 is 0 Å². The minimum Gasteiger partial charge on any atom is -0.384 e. The van der Waals surface area contributed by atoms with Crippen molar-refractivity contribution in [1.29, 1.82) is 5.26 Å². The predicted octanol–water partition coefficient (Wildman–Crippen LogP) is 0.523. The molecule has 0 aliphatic heterocycles. The van der Waals surface area contributed by atoms with E-state index in [0.29, 0.717) is 11.3 Å². The lowest BCUT2D eigenvalue weighted by atomic mass is 10.1. The van der Waals surface area contributed by atoms with Gasteiger partial charge in [-0.15, -0.1) is 0 Å². The number of benzene rings is 1. The molecule has 0 spiro atoms. The molecule has 1 aromatic carbocycles. The second-order valence-corrected chi connectivity index (χ2v) is 3.84. The molecule has 0 saturated heterocycles. The van der Waals surface area contributed by atoms with Crippen molar-refractivity contribution in [1.82, 2.24) is 9.97 Å². The number of aromatic nitrogens is 2. The number of anilines is 2. The summed E-state index contributed by atoms with van der Waals surface area (Å²) in [5.74, 6) is 5.40. The second kappa shape index (κ2) is 5.70. The maximum absolute atomic E-state index is 9.12. The molecule has 6 nitrogen and oxygen atoms in total. The van der Waals surface area contributed by atoms with Crippen LogP contribution in [0.3, 0.4) is 0 Å². The summed E-state index contributed by atoms with van der Waals surface area (Å²) in [7, 11) is 0. The highest BCUT2D eigenvalue weighted by Gasteiger charge is 2.12. The van der Waals surface area contributed by atoms with Crippen molar-refractivity contribution in [2.45, 2.75) is 0 Å². The smallest absolute Gasteiger partial charge is 0.222 e. The summed E-state index contributed by atoms with van der Waals surface area (Å²) in [4.78, 5) is 7.82. The van der Waals surface area contributed by atoms with Gasteiger partial charge in [0.05, 0.1) is 5.69 Å². The molecule has 2 aromatic rings. The van der Waals surface area contributed by atoms with Gasteiger partial charge in [0, 0.05) is 11.1 Å². The Labute approximate surface area is 115 Å². The average molecular weight is 265 g/mol. The third-order valence-electron chi connectivity index (χ3n) is 2.54. The quantitative estimate of drug-likeness (QED) is 0.646. The van der Waals surface area contributed by atoms with E-state index in [1.54, 1.807) is 24.3 Å². The molecule has 0 aliphatic rings. The summed E-state index contributed by atoms with van der Waals surface area (Å²) in [6, 6.07) is 8.99. The molecule has 0 radical (unpaired) electrons. The first-order valence-electron chi connectivity index (χ1n) is 5.69. The number of hydrogen-bond acceptors (Lipinski definition) is 6. The molecule has 2 rings (SSSR count). The molecule has 98 valence electrons. The first-order valence-corrected chi connectivity index (χ1v) is 5.69. The SMILES string of the molecule is N#Cc1c(N)nc(N)nc1-c1ccc(C#CCO)cc1. The highest BCUT2D eigenvalue weighted by molar-refractivity contribution is 5.73. The number of nitrogens with two attached hydrogens (primary N) is 2. The van der Waals surface area contributed by atoms with E-state index in [0.717, 1.165) is 5.56 Å². The number of rotatable bonds is 1. The number of nitrogen functional groups attached to an aromatic ring is 2. The highest BCUT2D eigenvalue weighted by Crippen LogP contribution is 2.25. The Balaban J connectivity index is 2.50. The lowest BCUT2D eigenvalue weighted by Gasteiger charge is -2.06. The molecule has 0 unspecified atom stereocenters. The number of nitrogens with zero attached hydrogens (tertiary/aromatic N) is 3. The zero-order valence-corrected chi connectivity index (χ0v) is 10.5. The molecule has 0 atom stereocenters. The van der Waals surface area contributed by atoms with E-state index in [1.807, 2.05) is 6.07 Å². The summed E-state index contributed by atoms with van der Waals surface area (Å²) in [5, 5.41) is 17.8. The van der Waals surface area contributed by atoms with Crippen LogP contribution in [0.4, 0.5) is 11.8 Å². The van der Waals surface area contributed by atoms with Gasteiger partial charge in [-0.05, 0) is 12.1 Å². The van der Waals surface area contributed by atoms with Crippen molar-refractivity contribution in [2.24, 2.45) is 0 Å².